The van der Waals surface area contributed by atoms with Gasteiger partial charge in [0, 0.05) is 36.9 Å². The van der Waals surface area contributed by atoms with Gasteiger partial charge >= 0.3 is 6.03 Å². The molecule has 1 aromatic heterocycles. The minimum Gasteiger partial charge on any atom is -0.345 e. The number of halogens is 2. The third kappa shape index (κ3) is 3.70. The van der Waals surface area contributed by atoms with E-state index < -0.39 is 0 Å². The number of fused-ring (bicyclic) bond motifs is 1. The average Bonchev–Trinajstić information content (AvgIpc) is 3.12. The third-order valence-corrected chi connectivity index (χ3v) is 6.16. The van der Waals surface area contributed by atoms with Gasteiger partial charge in [-0.3, -0.25) is 0 Å². The zero-order valence-electron chi connectivity index (χ0n) is 14.7. The summed E-state index contributed by atoms with van der Waals surface area (Å²) in [6.45, 7) is 4.60. The number of thiazole rings is 1. The summed E-state index contributed by atoms with van der Waals surface area (Å²) in [7, 11) is 0. The van der Waals surface area contributed by atoms with Crippen molar-refractivity contribution in [2.75, 3.05) is 36.4 Å². The van der Waals surface area contributed by atoms with Crippen LogP contribution >= 0.6 is 22.9 Å². The maximum atomic E-state index is 13.0. The molecule has 8 heteroatoms. The molecule has 27 heavy (non-hydrogen) atoms. The lowest BCUT2D eigenvalue weighted by molar-refractivity contribution is 0.208. The van der Waals surface area contributed by atoms with E-state index in [-0.39, 0.29) is 11.8 Å². The highest BCUT2D eigenvalue weighted by Crippen LogP contribution is 2.33. The lowest BCUT2D eigenvalue weighted by atomic mass is 10.2. The molecule has 1 saturated heterocycles. The van der Waals surface area contributed by atoms with Gasteiger partial charge in [0.15, 0.2) is 5.13 Å². The van der Waals surface area contributed by atoms with Crippen LogP contribution in [0.1, 0.15) is 5.56 Å². The Labute approximate surface area is 165 Å². The number of nitrogens with zero attached hydrogens (tertiary/aromatic N) is 3. The van der Waals surface area contributed by atoms with Gasteiger partial charge in [-0.25, -0.2) is 14.2 Å². The fraction of sp³-hybridized carbons (Fsp3) is 0.263. The molecule has 1 aliphatic heterocycles. The van der Waals surface area contributed by atoms with Crippen LogP contribution in [0.3, 0.4) is 0 Å². The van der Waals surface area contributed by atoms with E-state index in [1.807, 2.05) is 19.1 Å². The Hall–Kier alpha value is -2.38. The second-order valence-electron chi connectivity index (χ2n) is 6.43. The Balaban J connectivity index is 1.40. The van der Waals surface area contributed by atoms with E-state index in [1.54, 1.807) is 28.4 Å². The number of hydrogen-bond donors (Lipinski definition) is 1. The number of hydrogen-bond acceptors (Lipinski definition) is 4. The summed E-state index contributed by atoms with van der Waals surface area (Å²) in [6, 6.07) is 9.49. The second kappa shape index (κ2) is 7.32. The molecule has 0 saturated carbocycles. The molecule has 0 spiro atoms. The highest BCUT2D eigenvalue weighted by atomic mass is 35.5. The van der Waals surface area contributed by atoms with Crippen molar-refractivity contribution in [1.29, 1.82) is 0 Å². The number of amides is 2. The molecular weight excluding hydrogens is 387 g/mol. The Morgan fingerprint density at radius 1 is 1.15 bits per heavy atom. The van der Waals surface area contributed by atoms with Crippen LogP contribution in [-0.2, 0) is 0 Å². The van der Waals surface area contributed by atoms with Crippen molar-refractivity contribution in [3.05, 3.63) is 52.8 Å². The maximum Gasteiger partial charge on any atom is 0.321 e. The zero-order chi connectivity index (χ0) is 19.0. The van der Waals surface area contributed by atoms with Crippen molar-refractivity contribution in [1.82, 2.24) is 9.88 Å². The Bertz CT molecular complexity index is 983. The number of carbonyl (C=O) groups is 1. The van der Waals surface area contributed by atoms with Crippen molar-refractivity contribution in [2.45, 2.75) is 6.92 Å². The summed E-state index contributed by atoms with van der Waals surface area (Å²) in [5.74, 6) is -0.325. The van der Waals surface area contributed by atoms with Gasteiger partial charge < -0.3 is 15.1 Å². The highest BCUT2D eigenvalue weighted by Gasteiger charge is 2.23. The number of aromatic nitrogens is 1. The van der Waals surface area contributed by atoms with E-state index in [2.05, 4.69) is 10.2 Å². The first-order valence-corrected chi connectivity index (χ1v) is 9.83. The van der Waals surface area contributed by atoms with Gasteiger partial charge in [0.1, 0.15) is 5.82 Å². The number of carbonyl (C=O) groups excluding carboxylic acids is 1. The fourth-order valence-corrected chi connectivity index (χ4v) is 4.29. The number of urea groups is 1. The number of rotatable bonds is 2. The van der Waals surface area contributed by atoms with Crippen LogP contribution in [0, 0.1) is 12.7 Å². The van der Waals surface area contributed by atoms with Crippen molar-refractivity contribution < 1.29 is 9.18 Å². The molecule has 5 nitrogen and oxygen atoms in total. The minimum absolute atomic E-state index is 0.173. The van der Waals surface area contributed by atoms with Crippen LogP contribution in [-0.4, -0.2) is 42.1 Å². The molecule has 0 aliphatic carbocycles. The molecule has 3 aromatic rings. The van der Waals surface area contributed by atoms with Gasteiger partial charge in [-0.2, -0.15) is 0 Å². The SMILES string of the molecule is Cc1c(Cl)ccc2sc(N3CCN(C(=O)Nc4ccc(F)cc4)CC3)nc12. The minimum atomic E-state index is -0.325. The van der Waals surface area contributed by atoms with Crippen LogP contribution < -0.4 is 10.2 Å². The predicted molar refractivity (Wildman–Crippen MR) is 109 cm³/mol. The van der Waals surface area contributed by atoms with E-state index in [0.29, 0.717) is 31.9 Å². The number of nitrogens with one attached hydrogen (secondary N) is 1. The van der Waals surface area contributed by atoms with Crippen molar-refractivity contribution in [2.24, 2.45) is 0 Å². The Kier molecular flexibility index (Phi) is 4.88. The van der Waals surface area contributed by atoms with Crippen molar-refractivity contribution in [3.63, 3.8) is 0 Å². The van der Waals surface area contributed by atoms with E-state index >= 15 is 0 Å². The van der Waals surface area contributed by atoms with Gasteiger partial charge in [-0.15, -0.1) is 0 Å². The lowest BCUT2D eigenvalue weighted by Crippen LogP contribution is -2.50. The quantitative estimate of drug-likeness (QED) is 0.670. The lowest BCUT2D eigenvalue weighted by Gasteiger charge is -2.34. The normalized spacial score (nSPS) is 14.6. The van der Waals surface area contributed by atoms with Gasteiger partial charge in [0.25, 0.3) is 0 Å². The van der Waals surface area contributed by atoms with E-state index in [9.17, 15) is 9.18 Å². The molecule has 0 radical (unpaired) electrons. The molecule has 2 heterocycles. The predicted octanol–water partition coefficient (Wildman–Crippen LogP) is 4.75. The first-order chi connectivity index (χ1) is 13.0. The van der Waals surface area contributed by atoms with Crippen LogP contribution in [0.15, 0.2) is 36.4 Å². The molecule has 1 N–H and O–H groups in total. The Morgan fingerprint density at radius 2 is 1.85 bits per heavy atom. The second-order valence-corrected chi connectivity index (χ2v) is 7.84. The van der Waals surface area contributed by atoms with E-state index in [4.69, 9.17) is 16.6 Å². The molecule has 140 valence electrons. The van der Waals surface area contributed by atoms with Gasteiger partial charge in [0.05, 0.1) is 10.2 Å². The number of benzene rings is 2. The molecule has 1 fully saturated rings. The molecule has 2 aromatic carbocycles. The Morgan fingerprint density at radius 3 is 2.56 bits per heavy atom. The summed E-state index contributed by atoms with van der Waals surface area (Å²) in [5, 5.41) is 4.48. The topological polar surface area (TPSA) is 48.5 Å². The molecule has 0 atom stereocenters. The van der Waals surface area contributed by atoms with Gasteiger partial charge in [-0.1, -0.05) is 22.9 Å². The van der Waals surface area contributed by atoms with Gasteiger partial charge in [-0.05, 0) is 48.9 Å². The summed E-state index contributed by atoms with van der Waals surface area (Å²) >= 11 is 7.83. The fourth-order valence-electron chi connectivity index (χ4n) is 3.06. The number of anilines is 2. The van der Waals surface area contributed by atoms with Crippen molar-refractivity contribution in [3.8, 4) is 0 Å². The van der Waals surface area contributed by atoms with Crippen LogP contribution in [0.25, 0.3) is 10.2 Å². The molecule has 0 bridgehead atoms. The molecule has 4 rings (SSSR count). The summed E-state index contributed by atoms with van der Waals surface area (Å²) in [4.78, 5) is 21.1. The number of piperazine rings is 1. The molecule has 1 aliphatic rings. The summed E-state index contributed by atoms with van der Waals surface area (Å²) < 4.78 is 14.1. The smallest absolute Gasteiger partial charge is 0.321 e. The third-order valence-electron chi connectivity index (χ3n) is 4.67. The van der Waals surface area contributed by atoms with E-state index in [0.717, 1.165) is 25.9 Å². The first-order valence-electron chi connectivity index (χ1n) is 8.63. The molecular formula is C19H18ClFN4OS. The summed E-state index contributed by atoms with van der Waals surface area (Å²) in [5.41, 5.74) is 2.52. The molecule has 0 unspecified atom stereocenters. The van der Waals surface area contributed by atoms with E-state index in [1.165, 1.54) is 12.1 Å². The van der Waals surface area contributed by atoms with Gasteiger partial charge in [0.2, 0.25) is 0 Å². The van der Waals surface area contributed by atoms with Crippen LogP contribution in [0.2, 0.25) is 5.02 Å². The summed E-state index contributed by atoms with van der Waals surface area (Å²) in [6.07, 6.45) is 0. The van der Waals surface area contributed by atoms with Crippen molar-refractivity contribution >= 4 is 50.0 Å². The largest absolute Gasteiger partial charge is 0.345 e. The average molecular weight is 405 g/mol. The molecule has 2 amide bonds. The van der Waals surface area contributed by atoms with Crippen LogP contribution in [0.5, 0.6) is 0 Å². The first kappa shape index (κ1) is 18.0. The zero-order valence-corrected chi connectivity index (χ0v) is 16.3. The van der Waals surface area contributed by atoms with Crippen LogP contribution in [0.4, 0.5) is 20.0 Å². The monoisotopic (exact) mass is 404 g/mol. The maximum absolute atomic E-state index is 13.0. The highest BCUT2D eigenvalue weighted by molar-refractivity contribution is 7.22. The number of aryl methyl sites for hydroxylation is 1. The standard InChI is InChI=1S/C19H18ClFN4OS/c1-12-15(20)6-7-16-17(12)23-19(27-16)25-10-8-24(9-11-25)18(26)22-14-4-2-13(21)3-5-14/h2-7H,8-11H2,1H3,(H,22,26).